The van der Waals surface area contributed by atoms with Gasteiger partial charge in [0.15, 0.2) is 0 Å². The van der Waals surface area contributed by atoms with Crippen molar-refractivity contribution in [3.63, 3.8) is 0 Å². The number of hydrogen-bond donors (Lipinski definition) is 1. The number of hydrogen-bond acceptors (Lipinski definition) is 5. The third kappa shape index (κ3) is 2.54. The Hall–Kier alpha value is -2.56. The van der Waals surface area contributed by atoms with E-state index in [2.05, 4.69) is 28.1 Å². The second-order valence-corrected chi connectivity index (χ2v) is 5.06. The van der Waals surface area contributed by atoms with Crippen LogP contribution in [-0.2, 0) is 17.7 Å². The maximum atomic E-state index is 11.7. The van der Waals surface area contributed by atoms with Gasteiger partial charge < -0.3 is 15.4 Å². The van der Waals surface area contributed by atoms with E-state index < -0.39 is 5.97 Å². The number of esters is 1. The lowest BCUT2D eigenvalue weighted by Crippen LogP contribution is -2.31. The van der Waals surface area contributed by atoms with Crippen molar-refractivity contribution in [1.29, 1.82) is 0 Å². The minimum atomic E-state index is -0.437. The molecule has 0 bridgehead atoms. The molecule has 1 aromatic heterocycles. The number of carbonyl (C=O) groups excluding carboxylic acids is 1. The summed E-state index contributed by atoms with van der Waals surface area (Å²) in [5.74, 6) is 0.313. The fourth-order valence-electron chi connectivity index (χ4n) is 2.61. The average Bonchev–Trinajstić information content (AvgIpc) is 2.54. The Balaban J connectivity index is 1.90. The van der Waals surface area contributed by atoms with Crippen molar-refractivity contribution < 1.29 is 9.53 Å². The number of nitrogens with zero attached hydrogens (tertiary/aromatic N) is 2. The molecule has 0 saturated carbocycles. The number of carbonyl (C=O) groups is 1. The van der Waals surface area contributed by atoms with Gasteiger partial charge >= 0.3 is 5.97 Å². The number of pyridine rings is 1. The number of nitrogens with two attached hydrogens (primary N) is 1. The summed E-state index contributed by atoms with van der Waals surface area (Å²) < 4.78 is 4.75. The van der Waals surface area contributed by atoms with E-state index >= 15 is 0 Å². The highest BCUT2D eigenvalue weighted by atomic mass is 16.5. The monoisotopic (exact) mass is 283 g/mol. The van der Waals surface area contributed by atoms with E-state index in [1.54, 1.807) is 6.07 Å². The summed E-state index contributed by atoms with van der Waals surface area (Å²) in [6.07, 6.45) is 2.48. The van der Waals surface area contributed by atoms with Crippen molar-refractivity contribution >= 4 is 17.5 Å². The normalized spacial score (nSPS) is 13.7. The summed E-state index contributed by atoms with van der Waals surface area (Å²) in [7, 11) is 1.35. The molecule has 5 nitrogen and oxygen atoms in total. The van der Waals surface area contributed by atoms with Gasteiger partial charge in [0.1, 0.15) is 5.82 Å². The van der Waals surface area contributed by atoms with Crippen LogP contribution in [0.5, 0.6) is 0 Å². The van der Waals surface area contributed by atoms with Crippen LogP contribution in [0.25, 0.3) is 0 Å². The molecule has 0 radical (unpaired) electrons. The van der Waals surface area contributed by atoms with Gasteiger partial charge in [-0.3, -0.25) is 0 Å². The Labute approximate surface area is 123 Å². The van der Waals surface area contributed by atoms with E-state index in [1.165, 1.54) is 24.4 Å². The van der Waals surface area contributed by atoms with Gasteiger partial charge in [-0.15, -0.1) is 0 Å². The number of nitrogen functional groups attached to an aromatic ring is 1. The van der Waals surface area contributed by atoms with Crippen LogP contribution < -0.4 is 10.6 Å². The van der Waals surface area contributed by atoms with Crippen molar-refractivity contribution in [3.8, 4) is 0 Å². The van der Waals surface area contributed by atoms with Gasteiger partial charge in [0, 0.05) is 13.1 Å². The van der Waals surface area contributed by atoms with Crippen LogP contribution in [0.15, 0.2) is 36.5 Å². The van der Waals surface area contributed by atoms with Crippen LogP contribution in [0.1, 0.15) is 21.5 Å². The van der Waals surface area contributed by atoms with E-state index in [4.69, 9.17) is 10.5 Å². The van der Waals surface area contributed by atoms with E-state index in [1.807, 2.05) is 6.07 Å². The highest BCUT2D eigenvalue weighted by molar-refractivity contribution is 5.95. The lowest BCUT2D eigenvalue weighted by molar-refractivity contribution is 0.0602. The Morgan fingerprint density at radius 3 is 2.86 bits per heavy atom. The quantitative estimate of drug-likeness (QED) is 0.854. The van der Waals surface area contributed by atoms with Crippen LogP contribution in [0.2, 0.25) is 0 Å². The first-order valence-corrected chi connectivity index (χ1v) is 6.84. The summed E-state index contributed by atoms with van der Waals surface area (Å²) >= 11 is 0. The fourth-order valence-corrected chi connectivity index (χ4v) is 2.61. The lowest BCUT2D eigenvalue weighted by Gasteiger charge is -2.30. The van der Waals surface area contributed by atoms with E-state index in [0.717, 1.165) is 25.3 Å². The number of aromatic nitrogens is 1. The molecule has 0 fully saturated rings. The first-order chi connectivity index (χ1) is 10.2. The third-order valence-corrected chi connectivity index (χ3v) is 3.78. The van der Waals surface area contributed by atoms with Crippen molar-refractivity contribution in [2.75, 3.05) is 24.3 Å². The molecule has 0 amide bonds. The number of methoxy groups -OCH3 is 1. The average molecular weight is 283 g/mol. The molecule has 108 valence electrons. The van der Waals surface area contributed by atoms with Gasteiger partial charge in [0.2, 0.25) is 0 Å². The molecule has 2 heterocycles. The Morgan fingerprint density at radius 1 is 1.33 bits per heavy atom. The lowest BCUT2D eigenvalue weighted by atomic mass is 10.00. The molecule has 3 rings (SSSR count). The molecule has 5 heteroatoms. The summed E-state index contributed by atoms with van der Waals surface area (Å²) in [4.78, 5) is 18.2. The van der Waals surface area contributed by atoms with Gasteiger partial charge in [-0.1, -0.05) is 24.3 Å². The van der Waals surface area contributed by atoms with E-state index in [-0.39, 0.29) is 0 Å². The largest absolute Gasteiger partial charge is 0.465 e. The minimum absolute atomic E-state index is 0.336. The van der Waals surface area contributed by atoms with E-state index in [0.29, 0.717) is 11.3 Å². The zero-order valence-corrected chi connectivity index (χ0v) is 11.9. The molecule has 0 saturated heterocycles. The van der Waals surface area contributed by atoms with Crippen LogP contribution in [0, 0.1) is 0 Å². The Kier molecular flexibility index (Phi) is 3.48. The van der Waals surface area contributed by atoms with Crippen molar-refractivity contribution in [3.05, 3.63) is 53.2 Å². The summed E-state index contributed by atoms with van der Waals surface area (Å²) in [5, 5.41) is 0. The van der Waals surface area contributed by atoms with Crippen molar-refractivity contribution in [1.82, 2.24) is 4.98 Å². The first kappa shape index (κ1) is 13.4. The molecule has 0 atom stereocenters. The van der Waals surface area contributed by atoms with Crippen LogP contribution >= 0.6 is 0 Å². The second kappa shape index (κ2) is 5.44. The summed E-state index contributed by atoms with van der Waals surface area (Å²) in [5.41, 5.74) is 9.15. The molecular formula is C16H17N3O2. The number of ether oxygens (including phenoxy) is 1. The highest BCUT2D eigenvalue weighted by Crippen LogP contribution is 2.25. The number of benzene rings is 1. The fraction of sp³-hybridized carbons (Fsp3) is 0.250. The molecule has 2 aromatic rings. The summed E-state index contributed by atoms with van der Waals surface area (Å²) in [6, 6.07) is 10.1. The smallest absolute Gasteiger partial charge is 0.340 e. The molecule has 1 aromatic carbocycles. The third-order valence-electron chi connectivity index (χ3n) is 3.78. The maximum absolute atomic E-state index is 11.7. The first-order valence-electron chi connectivity index (χ1n) is 6.84. The topological polar surface area (TPSA) is 68.5 Å². The van der Waals surface area contributed by atoms with Gasteiger partial charge in [-0.05, 0) is 23.6 Å². The number of anilines is 2. The van der Waals surface area contributed by atoms with Crippen LogP contribution in [0.3, 0.4) is 0 Å². The SMILES string of the molecule is COC(=O)c1cc(N2CCc3ccccc3C2)ncc1N. The molecule has 2 N–H and O–H groups in total. The molecule has 1 aliphatic rings. The Morgan fingerprint density at radius 2 is 2.10 bits per heavy atom. The zero-order chi connectivity index (χ0) is 14.8. The highest BCUT2D eigenvalue weighted by Gasteiger charge is 2.19. The van der Waals surface area contributed by atoms with Crippen molar-refractivity contribution in [2.45, 2.75) is 13.0 Å². The van der Waals surface area contributed by atoms with E-state index in [9.17, 15) is 4.79 Å². The molecule has 0 unspecified atom stereocenters. The second-order valence-electron chi connectivity index (χ2n) is 5.06. The van der Waals surface area contributed by atoms with Gasteiger partial charge in [-0.2, -0.15) is 0 Å². The Bertz CT molecular complexity index is 685. The van der Waals surface area contributed by atoms with Crippen LogP contribution in [0.4, 0.5) is 11.5 Å². The predicted molar refractivity (Wildman–Crippen MR) is 81.2 cm³/mol. The van der Waals surface area contributed by atoms with Crippen molar-refractivity contribution in [2.24, 2.45) is 0 Å². The molecule has 1 aliphatic heterocycles. The molecule has 21 heavy (non-hydrogen) atoms. The van der Waals surface area contributed by atoms with Crippen LogP contribution in [-0.4, -0.2) is 24.6 Å². The standard InChI is InChI=1S/C16H17N3O2/c1-21-16(20)13-8-15(18-9-14(13)17)19-7-6-11-4-2-3-5-12(11)10-19/h2-5,8-9H,6-7,10,17H2,1H3. The van der Waals surface area contributed by atoms with Gasteiger partial charge in [0.05, 0.1) is 24.6 Å². The molecule has 0 aliphatic carbocycles. The molecule has 0 spiro atoms. The summed E-state index contributed by atoms with van der Waals surface area (Å²) in [6.45, 7) is 1.66. The molecular weight excluding hydrogens is 266 g/mol. The zero-order valence-electron chi connectivity index (χ0n) is 11.9. The predicted octanol–water partition coefficient (Wildman–Crippen LogP) is 2.01. The maximum Gasteiger partial charge on any atom is 0.340 e. The number of rotatable bonds is 2. The van der Waals surface area contributed by atoms with Gasteiger partial charge in [0.25, 0.3) is 0 Å². The van der Waals surface area contributed by atoms with Gasteiger partial charge in [-0.25, -0.2) is 9.78 Å². The minimum Gasteiger partial charge on any atom is -0.465 e. The number of fused-ring (bicyclic) bond motifs is 1.